The summed E-state index contributed by atoms with van der Waals surface area (Å²) in [4.78, 5) is 23.2. The molecule has 3 saturated carbocycles. The lowest BCUT2D eigenvalue weighted by molar-refractivity contribution is -0.156. The van der Waals surface area contributed by atoms with Gasteiger partial charge in [0, 0.05) is 18.8 Å². The van der Waals surface area contributed by atoms with Crippen LogP contribution in [0.5, 0.6) is 0 Å². The van der Waals surface area contributed by atoms with E-state index in [1.54, 1.807) is 6.92 Å². The minimum Gasteiger partial charge on any atom is -0.462 e. The van der Waals surface area contributed by atoms with Gasteiger partial charge < -0.3 is 4.74 Å². The van der Waals surface area contributed by atoms with E-state index in [-0.39, 0.29) is 17.5 Å². The van der Waals surface area contributed by atoms with E-state index in [0.29, 0.717) is 17.6 Å². The summed E-state index contributed by atoms with van der Waals surface area (Å²) in [5, 5.41) is 0. The summed E-state index contributed by atoms with van der Waals surface area (Å²) in [5.41, 5.74) is 1.62. The molecule has 4 aliphatic rings. The summed E-state index contributed by atoms with van der Waals surface area (Å²) in [6, 6.07) is 0. The minimum atomic E-state index is -0.126. The highest BCUT2D eigenvalue weighted by Gasteiger charge is 2.57. The zero-order chi connectivity index (χ0) is 16.2. The van der Waals surface area contributed by atoms with Gasteiger partial charge in [-0.15, -0.1) is 0 Å². The molecule has 126 valence electrons. The Morgan fingerprint density at radius 3 is 2.74 bits per heavy atom. The number of ether oxygens (including phenoxy) is 1. The smallest absolute Gasteiger partial charge is 0.302 e. The average Bonchev–Trinajstić information content (AvgIpc) is 2.83. The number of carbonyl (C=O) groups is 2. The quantitative estimate of drug-likeness (QED) is 0.685. The molecule has 0 N–H and O–H groups in total. The zero-order valence-corrected chi connectivity index (χ0v) is 14.3. The van der Waals surface area contributed by atoms with Gasteiger partial charge in [0.15, 0.2) is 5.78 Å². The van der Waals surface area contributed by atoms with Gasteiger partial charge in [-0.3, -0.25) is 9.59 Å². The summed E-state index contributed by atoms with van der Waals surface area (Å²) in [5.74, 6) is 3.10. The summed E-state index contributed by atoms with van der Waals surface area (Å²) < 4.78 is 5.69. The Morgan fingerprint density at radius 2 is 1.96 bits per heavy atom. The number of ketones is 1. The van der Waals surface area contributed by atoms with Crippen LogP contribution in [0.25, 0.3) is 0 Å². The Morgan fingerprint density at radius 1 is 1.13 bits per heavy atom. The fourth-order valence-electron chi connectivity index (χ4n) is 6.53. The highest BCUT2D eigenvalue weighted by molar-refractivity contribution is 5.91. The molecular weight excluding hydrogens is 288 g/mol. The topological polar surface area (TPSA) is 43.4 Å². The van der Waals surface area contributed by atoms with E-state index >= 15 is 0 Å². The molecule has 0 amide bonds. The van der Waals surface area contributed by atoms with E-state index in [1.165, 1.54) is 31.3 Å². The van der Waals surface area contributed by atoms with Crippen LogP contribution in [-0.2, 0) is 14.3 Å². The molecule has 0 aliphatic heterocycles. The summed E-state index contributed by atoms with van der Waals surface area (Å²) in [6.45, 7) is 3.91. The zero-order valence-electron chi connectivity index (χ0n) is 14.3. The predicted octanol–water partition coefficient (Wildman–Crippen LogP) is 4.06. The van der Waals surface area contributed by atoms with Crippen molar-refractivity contribution < 1.29 is 14.3 Å². The highest BCUT2D eigenvalue weighted by Crippen LogP contribution is 2.62. The molecule has 0 heterocycles. The molecule has 4 aliphatic carbocycles. The molecular formula is C20H28O3. The number of allylic oxidation sites excluding steroid dienone is 1. The van der Waals surface area contributed by atoms with Gasteiger partial charge >= 0.3 is 5.97 Å². The van der Waals surface area contributed by atoms with Crippen molar-refractivity contribution in [2.45, 2.75) is 71.3 Å². The fraction of sp³-hybridized carbons (Fsp3) is 0.800. The van der Waals surface area contributed by atoms with Crippen molar-refractivity contribution in [2.24, 2.45) is 29.1 Å². The van der Waals surface area contributed by atoms with Crippen molar-refractivity contribution in [1.82, 2.24) is 0 Å². The number of carbonyl (C=O) groups excluding carboxylic acids is 2. The number of fused-ring (bicyclic) bond motifs is 5. The summed E-state index contributed by atoms with van der Waals surface area (Å²) >= 11 is 0. The molecule has 0 aromatic heterocycles. The van der Waals surface area contributed by atoms with Gasteiger partial charge in [0.2, 0.25) is 0 Å². The summed E-state index contributed by atoms with van der Waals surface area (Å²) in [7, 11) is 0. The average molecular weight is 316 g/mol. The second-order valence-corrected chi connectivity index (χ2v) is 8.52. The first-order valence-corrected chi connectivity index (χ1v) is 9.39. The van der Waals surface area contributed by atoms with Crippen LogP contribution in [0.1, 0.15) is 65.2 Å². The highest BCUT2D eigenvalue weighted by atomic mass is 16.5. The molecule has 6 atom stereocenters. The van der Waals surface area contributed by atoms with E-state index in [0.717, 1.165) is 37.5 Å². The lowest BCUT2D eigenvalue weighted by atomic mass is 9.52. The predicted molar refractivity (Wildman–Crippen MR) is 87.6 cm³/mol. The first-order valence-electron chi connectivity index (χ1n) is 9.39. The van der Waals surface area contributed by atoms with Crippen LogP contribution in [0.2, 0.25) is 0 Å². The third kappa shape index (κ3) is 2.38. The van der Waals surface area contributed by atoms with Crippen LogP contribution >= 0.6 is 0 Å². The van der Waals surface area contributed by atoms with Crippen molar-refractivity contribution in [3.05, 3.63) is 11.6 Å². The minimum absolute atomic E-state index is 0.121. The molecule has 0 unspecified atom stereocenters. The van der Waals surface area contributed by atoms with Gasteiger partial charge in [0.25, 0.3) is 0 Å². The van der Waals surface area contributed by atoms with Gasteiger partial charge in [-0.1, -0.05) is 12.5 Å². The molecule has 0 aromatic rings. The largest absolute Gasteiger partial charge is 0.462 e. The van der Waals surface area contributed by atoms with Crippen LogP contribution in [0, 0.1) is 29.1 Å². The maximum absolute atomic E-state index is 11.7. The first-order chi connectivity index (χ1) is 11.0. The van der Waals surface area contributed by atoms with Crippen molar-refractivity contribution in [2.75, 3.05) is 0 Å². The van der Waals surface area contributed by atoms with Crippen LogP contribution < -0.4 is 0 Å². The van der Waals surface area contributed by atoms with E-state index < -0.39 is 0 Å². The molecule has 0 spiro atoms. The van der Waals surface area contributed by atoms with Crippen LogP contribution in [0.3, 0.4) is 0 Å². The van der Waals surface area contributed by atoms with Crippen LogP contribution in [-0.4, -0.2) is 17.9 Å². The van der Waals surface area contributed by atoms with Gasteiger partial charge in [-0.2, -0.15) is 0 Å². The molecule has 4 rings (SSSR count). The summed E-state index contributed by atoms with van der Waals surface area (Å²) in [6.07, 6.45) is 10.9. The second kappa shape index (κ2) is 5.46. The standard InChI is InChI=1S/C20H28O3/c1-12(21)23-19-8-7-18-17-5-3-13-11-14(22)4-6-15(13)16(17)9-10-20(18,19)2/h11,15-19H,3-10H2,1-2H3/t15-,16-,17+,18+,19-,20-/m0/s1. The maximum Gasteiger partial charge on any atom is 0.302 e. The van der Waals surface area contributed by atoms with Crippen molar-refractivity contribution >= 4 is 11.8 Å². The lowest BCUT2D eigenvalue weighted by Gasteiger charge is -2.53. The molecule has 3 fully saturated rings. The molecule has 0 saturated heterocycles. The Hall–Kier alpha value is -1.12. The monoisotopic (exact) mass is 316 g/mol. The second-order valence-electron chi connectivity index (χ2n) is 8.52. The van der Waals surface area contributed by atoms with Crippen molar-refractivity contribution in [3.8, 4) is 0 Å². The Kier molecular flexibility index (Phi) is 3.66. The fourth-order valence-corrected chi connectivity index (χ4v) is 6.53. The number of hydrogen-bond acceptors (Lipinski definition) is 3. The Bertz CT molecular complexity index is 563. The molecule has 23 heavy (non-hydrogen) atoms. The number of hydrogen-bond donors (Lipinski definition) is 0. The number of esters is 1. The van der Waals surface area contributed by atoms with E-state index in [2.05, 4.69) is 6.92 Å². The third-order valence-electron chi connectivity index (χ3n) is 7.52. The molecule has 3 nitrogen and oxygen atoms in total. The van der Waals surface area contributed by atoms with Gasteiger partial charge in [-0.25, -0.2) is 0 Å². The van der Waals surface area contributed by atoms with Crippen LogP contribution in [0.15, 0.2) is 11.6 Å². The Balaban J connectivity index is 1.57. The number of rotatable bonds is 1. The Labute approximate surface area is 138 Å². The van der Waals surface area contributed by atoms with E-state index in [1.807, 2.05) is 6.08 Å². The molecule has 0 aromatic carbocycles. The maximum atomic E-state index is 11.7. The van der Waals surface area contributed by atoms with Crippen molar-refractivity contribution in [1.29, 1.82) is 0 Å². The van der Waals surface area contributed by atoms with Crippen molar-refractivity contribution in [3.63, 3.8) is 0 Å². The van der Waals surface area contributed by atoms with Gasteiger partial charge in [-0.05, 0) is 74.7 Å². The molecule has 3 heteroatoms. The van der Waals surface area contributed by atoms with Gasteiger partial charge in [0.05, 0.1) is 0 Å². The van der Waals surface area contributed by atoms with Crippen LogP contribution in [0.4, 0.5) is 0 Å². The normalized spacial score (nSPS) is 45.6. The molecule has 0 radical (unpaired) electrons. The van der Waals surface area contributed by atoms with E-state index in [9.17, 15) is 9.59 Å². The molecule has 0 bridgehead atoms. The van der Waals surface area contributed by atoms with Gasteiger partial charge in [0.1, 0.15) is 6.10 Å². The van der Waals surface area contributed by atoms with E-state index in [4.69, 9.17) is 4.74 Å². The first kappa shape index (κ1) is 15.4. The third-order valence-corrected chi connectivity index (χ3v) is 7.52. The SMILES string of the molecule is CC(=O)O[C@H]1CC[C@@H]2[C@@H]3CCC4=CC(=O)CC[C@@H]4[C@@H]3CC[C@]12C. The lowest BCUT2D eigenvalue weighted by Crippen LogP contribution is -2.48.